The monoisotopic (exact) mass is 337 g/mol. The van der Waals surface area contributed by atoms with Gasteiger partial charge in [0.15, 0.2) is 5.15 Å². The van der Waals surface area contributed by atoms with E-state index in [1.54, 1.807) is 11.1 Å². The largest absolute Gasteiger partial charge is 0.449 e. The second kappa shape index (κ2) is 7.12. The summed E-state index contributed by atoms with van der Waals surface area (Å²) in [6.45, 7) is 3.89. The van der Waals surface area contributed by atoms with Gasteiger partial charge in [-0.1, -0.05) is 30.2 Å². The Hall–Kier alpha value is -1.89. The van der Waals surface area contributed by atoms with Crippen LogP contribution < -0.4 is 0 Å². The highest BCUT2D eigenvalue weighted by Crippen LogP contribution is 2.27. The van der Waals surface area contributed by atoms with Gasteiger partial charge in [-0.25, -0.2) is 14.5 Å². The Kier molecular flexibility index (Phi) is 4.95. The van der Waals surface area contributed by atoms with Crippen LogP contribution in [0.2, 0.25) is 5.15 Å². The summed E-state index contributed by atoms with van der Waals surface area (Å²) < 4.78 is 7.15. The van der Waals surface area contributed by atoms with Crippen molar-refractivity contribution in [3.05, 3.63) is 17.4 Å². The van der Waals surface area contributed by atoms with Crippen molar-refractivity contribution >= 4 is 28.7 Å². The van der Waals surface area contributed by atoms with Gasteiger partial charge in [0.2, 0.25) is 0 Å². The molecule has 0 radical (unpaired) electrons. The minimum absolute atomic E-state index is 0.207. The topological polar surface area (TPSA) is 73.1 Å². The van der Waals surface area contributed by atoms with Gasteiger partial charge >= 0.3 is 6.09 Å². The molecular formula is C15H20ClN5O2. The quantitative estimate of drug-likeness (QED) is 0.633. The molecular weight excluding hydrogens is 318 g/mol. The second-order valence-electron chi connectivity index (χ2n) is 5.69. The standard InChI is InChI=1S/C15H20ClN5O2/c1-2-3-10-23-15(22)20-8-5-11(6-9-20)21-12-4-7-17-14(16)13(12)18-19-21/h4,7,11H,2-3,5-6,8-10H2,1H3. The predicted molar refractivity (Wildman–Crippen MR) is 86.4 cm³/mol. The maximum absolute atomic E-state index is 12.0. The van der Waals surface area contributed by atoms with E-state index in [9.17, 15) is 4.79 Å². The summed E-state index contributed by atoms with van der Waals surface area (Å²) in [7, 11) is 0. The first-order chi connectivity index (χ1) is 11.2. The first-order valence-electron chi connectivity index (χ1n) is 7.97. The summed E-state index contributed by atoms with van der Waals surface area (Å²) in [6, 6.07) is 2.07. The van der Waals surface area contributed by atoms with Crippen LogP contribution in [-0.4, -0.2) is 50.7 Å². The van der Waals surface area contributed by atoms with Gasteiger partial charge in [0.05, 0.1) is 18.2 Å². The smallest absolute Gasteiger partial charge is 0.409 e. The van der Waals surface area contributed by atoms with Crippen LogP contribution in [0.5, 0.6) is 0 Å². The number of likely N-dealkylation sites (tertiary alicyclic amines) is 1. The molecule has 1 saturated heterocycles. The Morgan fingerprint density at radius 3 is 2.96 bits per heavy atom. The number of nitrogens with zero attached hydrogens (tertiary/aromatic N) is 5. The molecule has 1 aliphatic rings. The van der Waals surface area contributed by atoms with Gasteiger partial charge in [0, 0.05) is 19.3 Å². The molecule has 0 unspecified atom stereocenters. The van der Waals surface area contributed by atoms with Crippen molar-refractivity contribution < 1.29 is 9.53 Å². The molecule has 7 nitrogen and oxygen atoms in total. The average molecular weight is 338 g/mol. The summed E-state index contributed by atoms with van der Waals surface area (Å²) in [6.07, 6.45) is 5.01. The van der Waals surface area contributed by atoms with Crippen molar-refractivity contribution in [2.24, 2.45) is 0 Å². The molecule has 124 valence electrons. The fraction of sp³-hybridized carbons (Fsp3) is 0.600. The molecule has 0 N–H and O–H groups in total. The van der Waals surface area contributed by atoms with Crippen LogP contribution in [0.1, 0.15) is 38.6 Å². The summed E-state index contributed by atoms with van der Waals surface area (Å²) in [5.41, 5.74) is 1.50. The van der Waals surface area contributed by atoms with Crippen LogP contribution in [-0.2, 0) is 4.74 Å². The Balaban J connectivity index is 1.62. The Bertz CT molecular complexity index is 682. The van der Waals surface area contributed by atoms with Gasteiger partial charge in [-0.05, 0) is 25.3 Å². The Morgan fingerprint density at radius 1 is 1.43 bits per heavy atom. The lowest BCUT2D eigenvalue weighted by atomic mass is 10.1. The number of carbonyl (C=O) groups is 1. The third kappa shape index (κ3) is 3.39. The van der Waals surface area contributed by atoms with E-state index in [1.807, 2.05) is 10.7 Å². The molecule has 0 atom stereocenters. The van der Waals surface area contributed by atoms with Gasteiger partial charge in [0.1, 0.15) is 5.52 Å². The molecule has 1 fully saturated rings. The maximum Gasteiger partial charge on any atom is 0.409 e. The number of fused-ring (bicyclic) bond motifs is 1. The Labute approximate surface area is 139 Å². The van der Waals surface area contributed by atoms with E-state index in [0.717, 1.165) is 31.2 Å². The molecule has 0 bridgehead atoms. The van der Waals surface area contributed by atoms with E-state index in [0.29, 0.717) is 30.4 Å². The third-order valence-electron chi connectivity index (χ3n) is 4.14. The highest BCUT2D eigenvalue weighted by atomic mass is 35.5. The molecule has 0 saturated carbocycles. The summed E-state index contributed by atoms with van der Waals surface area (Å²) in [4.78, 5) is 17.7. The predicted octanol–water partition coefficient (Wildman–Crippen LogP) is 3.05. The molecule has 2 aromatic heterocycles. The van der Waals surface area contributed by atoms with Crippen LogP contribution in [0.15, 0.2) is 12.3 Å². The highest BCUT2D eigenvalue weighted by molar-refractivity contribution is 6.33. The van der Waals surface area contributed by atoms with Crippen LogP contribution in [0.25, 0.3) is 11.0 Å². The third-order valence-corrected chi connectivity index (χ3v) is 4.41. The number of rotatable bonds is 4. The number of hydrogen-bond donors (Lipinski definition) is 0. The lowest BCUT2D eigenvalue weighted by molar-refractivity contribution is 0.0867. The van der Waals surface area contributed by atoms with E-state index in [-0.39, 0.29) is 12.1 Å². The van der Waals surface area contributed by atoms with E-state index in [2.05, 4.69) is 22.2 Å². The average Bonchev–Trinajstić information content (AvgIpc) is 3.00. The van der Waals surface area contributed by atoms with E-state index >= 15 is 0 Å². The fourth-order valence-corrected chi connectivity index (χ4v) is 2.99. The number of piperidine rings is 1. The van der Waals surface area contributed by atoms with Crippen LogP contribution >= 0.6 is 11.6 Å². The molecule has 0 aromatic carbocycles. The molecule has 3 rings (SSSR count). The Morgan fingerprint density at radius 2 is 2.22 bits per heavy atom. The molecule has 2 aromatic rings. The number of pyridine rings is 1. The zero-order chi connectivity index (χ0) is 16.2. The maximum atomic E-state index is 12.0. The first-order valence-corrected chi connectivity index (χ1v) is 8.35. The number of amides is 1. The van der Waals surface area contributed by atoms with E-state index in [1.165, 1.54) is 0 Å². The number of halogens is 1. The van der Waals surface area contributed by atoms with Gasteiger partial charge in [-0.2, -0.15) is 0 Å². The normalized spacial score (nSPS) is 16.0. The van der Waals surface area contributed by atoms with Crippen molar-refractivity contribution in [2.45, 2.75) is 38.6 Å². The van der Waals surface area contributed by atoms with Crippen LogP contribution in [0, 0.1) is 0 Å². The van der Waals surface area contributed by atoms with Crippen LogP contribution in [0.3, 0.4) is 0 Å². The lowest BCUT2D eigenvalue weighted by Crippen LogP contribution is -2.39. The number of hydrogen-bond acceptors (Lipinski definition) is 5. The van der Waals surface area contributed by atoms with E-state index in [4.69, 9.17) is 16.3 Å². The molecule has 8 heteroatoms. The fourth-order valence-electron chi connectivity index (χ4n) is 2.80. The van der Waals surface area contributed by atoms with Crippen molar-refractivity contribution in [1.82, 2.24) is 24.9 Å². The lowest BCUT2D eigenvalue weighted by Gasteiger charge is -2.31. The zero-order valence-corrected chi connectivity index (χ0v) is 13.9. The zero-order valence-electron chi connectivity index (χ0n) is 13.1. The molecule has 0 aliphatic carbocycles. The molecule has 1 aliphatic heterocycles. The minimum atomic E-state index is -0.215. The first kappa shape index (κ1) is 16.0. The van der Waals surface area contributed by atoms with Gasteiger partial charge in [-0.15, -0.1) is 5.10 Å². The van der Waals surface area contributed by atoms with Gasteiger partial charge < -0.3 is 9.64 Å². The van der Waals surface area contributed by atoms with Gasteiger partial charge in [-0.3, -0.25) is 0 Å². The van der Waals surface area contributed by atoms with Crippen molar-refractivity contribution in [2.75, 3.05) is 19.7 Å². The number of ether oxygens (including phenoxy) is 1. The molecule has 1 amide bonds. The molecule has 23 heavy (non-hydrogen) atoms. The molecule has 0 spiro atoms. The van der Waals surface area contributed by atoms with Gasteiger partial charge in [0.25, 0.3) is 0 Å². The second-order valence-corrected chi connectivity index (χ2v) is 6.05. The SMILES string of the molecule is CCCCOC(=O)N1CCC(n2nnc3c(Cl)nccc32)CC1. The summed E-state index contributed by atoms with van der Waals surface area (Å²) >= 11 is 6.04. The highest BCUT2D eigenvalue weighted by Gasteiger charge is 2.26. The number of unbranched alkanes of at least 4 members (excludes halogenated alkanes) is 1. The number of carbonyl (C=O) groups excluding carboxylic acids is 1. The minimum Gasteiger partial charge on any atom is -0.449 e. The van der Waals surface area contributed by atoms with Crippen LogP contribution in [0.4, 0.5) is 4.79 Å². The molecule has 3 heterocycles. The van der Waals surface area contributed by atoms with E-state index < -0.39 is 0 Å². The summed E-state index contributed by atoms with van der Waals surface area (Å²) in [5, 5.41) is 8.69. The van der Waals surface area contributed by atoms with Crippen molar-refractivity contribution in [3.63, 3.8) is 0 Å². The number of aromatic nitrogens is 4. The summed E-state index contributed by atoms with van der Waals surface area (Å²) in [5.74, 6) is 0. The van der Waals surface area contributed by atoms with Crippen molar-refractivity contribution in [1.29, 1.82) is 0 Å². The van der Waals surface area contributed by atoms with Crippen molar-refractivity contribution in [3.8, 4) is 0 Å².